The lowest BCUT2D eigenvalue weighted by molar-refractivity contribution is 0.00818. The Morgan fingerprint density at radius 1 is 1.57 bits per heavy atom. The van der Waals surface area contributed by atoms with Gasteiger partial charge in [0.2, 0.25) is 0 Å². The summed E-state index contributed by atoms with van der Waals surface area (Å²) in [5.74, 6) is 2.67. The van der Waals surface area contributed by atoms with Gasteiger partial charge in [-0.2, -0.15) is 0 Å². The molecule has 0 spiro atoms. The van der Waals surface area contributed by atoms with Gasteiger partial charge in [-0.25, -0.2) is 14.4 Å². The Labute approximate surface area is 122 Å². The molecule has 0 aromatic carbocycles. The lowest BCUT2D eigenvalue weighted by Gasteiger charge is -2.17. The average Bonchev–Trinajstić information content (AvgIpc) is 2.73. The highest BCUT2D eigenvalue weighted by molar-refractivity contribution is 5.86. The van der Waals surface area contributed by atoms with Gasteiger partial charge in [-0.05, 0) is 13.8 Å². The molecule has 2 heterocycles. The molecule has 0 bridgehead atoms. The van der Waals surface area contributed by atoms with Crippen LogP contribution in [0.4, 0.5) is 10.2 Å². The van der Waals surface area contributed by atoms with Gasteiger partial charge < -0.3 is 20.1 Å². The number of methoxy groups -OCH3 is 1. The van der Waals surface area contributed by atoms with Gasteiger partial charge in [0, 0.05) is 20.4 Å². The summed E-state index contributed by atoms with van der Waals surface area (Å²) >= 11 is 0. The number of aromatic nitrogens is 3. The zero-order valence-electron chi connectivity index (χ0n) is 12.5. The van der Waals surface area contributed by atoms with Crippen molar-refractivity contribution in [2.24, 2.45) is 7.05 Å². The molecule has 1 unspecified atom stereocenters. The van der Waals surface area contributed by atoms with Crippen LogP contribution in [0.2, 0.25) is 0 Å². The number of terminal acetylenes is 1. The maximum atomic E-state index is 13.2. The summed E-state index contributed by atoms with van der Waals surface area (Å²) in [7, 11) is 3.19. The third kappa shape index (κ3) is 3.68. The fourth-order valence-electron chi connectivity index (χ4n) is 1.53. The van der Waals surface area contributed by atoms with Gasteiger partial charge in [-0.15, -0.1) is 6.42 Å². The summed E-state index contributed by atoms with van der Waals surface area (Å²) < 4.78 is 19.6. The molecule has 2 aromatic heterocycles. The maximum absolute atomic E-state index is 13.2. The minimum absolute atomic E-state index is 0.139. The summed E-state index contributed by atoms with van der Waals surface area (Å²) in [6.45, 7) is 3.23. The Morgan fingerprint density at radius 3 is 2.62 bits per heavy atom. The zero-order chi connectivity index (χ0) is 16.2. The molecule has 0 aliphatic heterocycles. The maximum Gasteiger partial charge on any atom is 0.154 e. The Bertz CT molecular complexity index is 672. The van der Waals surface area contributed by atoms with Gasteiger partial charge in [-0.3, -0.25) is 0 Å². The number of hydrogen-bond acceptors (Lipinski definition) is 5. The first kappa shape index (κ1) is 16.9. The summed E-state index contributed by atoms with van der Waals surface area (Å²) in [6, 6.07) is 0. The van der Waals surface area contributed by atoms with Gasteiger partial charge >= 0.3 is 0 Å². The van der Waals surface area contributed by atoms with Crippen molar-refractivity contribution in [3.05, 3.63) is 17.8 Å². The standard InChI is InChI=1S/C8H9FN4.C6H10O2/c1-4-11-7(10)6-5(9)3-13(2)8(6)12-4;1-4-6(2,5-7)8-3/h3H,1-2H3,(H2,10,11,12);1,7H,5H2,2-3H3. The molecule has 3 N–H and O–H groups in total. The van der Waals surface area contributed by atoms with Crippen LogP contribution >= 0.6 is 0 Å². The molecule has 0 fully saturated rings. The van der Waals surface area contributed by atoms with Crippen LogP contribution < -0.4 is 5.73 Å². The van der Waals surface area contributed by atoms with E-state index in [2.05, 4.69) is 15.9 Å². The second-order valence-electron chi connectivity index (χ2n) is 4.68. The van der Waals surface area contributed by atoms with E-state index in [4.69, 9.17) is 22.0 Å². The van der Waals surface area contributed by atoms with Crippen LogP contribution in [0.5, 0.6) is 0 Å². The topological polar surface area (TPSA) is 86.2 Å². The Morgan fingerprint density at radius 2 is 2.19 bits per heavy atom. The van der Waals surface area contributed by atoms with Crippen molar-refractivity contribution in [3.63, 3.8) is 0 Å². The molecule has 0 radical (unpaired) electrons. The van der Waals surface area contributed by atoms with E-state index >= 15 is 0 Å². The van der Waals surface area contributed by atoms with Gasteiger partial charge in [0.15, 0.2) is 5.82 Å². The molecule has 2 rings (SSSR count). The third-order valence-electron chi connectivity index (χ3n) is 2.97. The predicted molar refractivity (Wildman–Crippen MR) is 78.9 cm³/mol. The number of hydrogen-bond donors (Lipinski definition) is 2. The number of anilines is 1. The summed E-state index contributed by atoms with van der Waals surface area (Å²) in [5.41, 5.74) is 5.31. The zero-order valence-corrected chi connectivity index (χ0v) is 12.5. The second-order valence-corrected chi connectivity index (χ2v) is 4.68. The quantitative estimate of drug-likeness (QED) is 0.807. The summed E-state index contributed by atoms with van der Waals surface area (Å²) in [4.78, 5) is 7.98. The summed E-state index contributed by atoms with van der Waals surface area (Å²) in [5, 5.41) is 8.82. The largest absolute Gasteiger partial charge is 0.392 e. The van der Waals surface area contributed by atoms with E-state index in [0.29, 0.717) is 16.9 Å². The second kappa shape index (κ2) is 6.52. The van der Waals surface area contributed by atoms with Crippen LogP contribution in [0.15, 0.2) is 6.20 Å². The fourth-order valence-corrected chi connectivity index (χ4v) is 1.53. The van der Waals surface area contributed by atoms with E-state index in [1.165, 1.54) is 13.3 Å². The van der Waals surface area contributed by atoms with Crippen molar-refractivity contribution in [3.8, 4) is 12.3 Å². The highest BCUT2D eigenvalue weighted by Gasteiger charge is 2.17. The number of aryl methyl sites for hydroxylation is 2. The van der Waals surface area contributed by atoms with Gasteiger partial charge in [0.05, 0.1) is 12.0 Å². The molecule has 0 saturated heterocycles. The molecular formula is C14H19FN4O2. The van der Waals surface area contributed by atoms with Crippen molar-refractivity contribution in [1.29, 1.82) is 0 Å². The molecule has 2 aromatic rings. The van der Waals surface area contributed by atoms with Gasteiger partial charge in [0.25, 0.3) is 0 Å². The van der Waals surface area contributed by atoms with E-state index in [-0.39, 0.29) is 18.2 Å². The molecule has 1 atom stereocenters. The van der Waals surface area contributed by atoms with Crippen molar-refractivity contribution < 1.29 is 14.2 Å². The van der Waals surface area contributed by atoms with Gasteiger partial charge in [-0.1, -0.05) is 5.92 Å². The molecule has 6 nitrogen and oxygen atoms in total. The molecular weight excluding hydrogens is 275 g/mol. The number of nitrogens with zero attached hydrogens (tertiary/aromatic N) is 3. The van der Waals surface area contributed by atoms with Crippen LogP contribution in [0.1, 0.15) is 12.7 Å². The van der Waals surface area contributed by atoms with Crippen molar-refractivity contribution >= 4 is 16.9 Å². The smallest absolute Gasteiger partial charge is 0.154 e. The average molecular weight is 294 g/mol. The molecule has 0 aliphatic carbocycles. The predicted octanol–water partition coefficient (Wildman–Crippen LogP) is 1.02. The number of aliphatic hydroxyl groups excluding tert-OH is 1. The van der Waals surface area contributed by atoms with Crippen molar-refractivity contribution in [1.82, 2.24) is 14.5 Å². The first-order valence-corrected chi connectivity index (χ1v) is 6.16. The number of aliphatic hydroxyl groups is 1. The molecule has 0 amide bonds. The lowest BCUT2D eigenvalue weighted by atomic mass is 10.1. The molecule has 21 heavy (non-hydrogen) atoms. The molecule has 0 aliphatic rings. The van der Waals surface area contributed by atoms with Crippen molar-refractivity contribution in [2.75, 3.05) is 19.5 Å². The van der Waals surface area contributed by atoms with Crippen LogP contribution in [0, 0.1) is 25.1 Å². The number of rotatable bonds is 2. The highest BCUT2D eigenvalue weighted by atomic mass is 19.1. The molecule has 114 valence electrons. The van der Waals surface area contributed by atoms with E-state index in [0.717, 1.165) is 0 Å². The van der Waals surface area contributed by atoms with Crippen LogP contribution in [0.25, 0.3) is 11.0 Å². The highest BCUT2D eigenvalue weighted by Crippen LogP contribution is 2.21. The minimum Gasteiger partial charge on any atom is -0.392 e. The number of nitrogen functional groups attached to an aromatic ring is 1. The molecule has 7 heteroatoms. The van der Waals surface area contributed by atoms with Crippen LogP contribution in [-0.2, 0) is 11.8 Å². The monoisotopic (exact) mass is 294 g/mol. The lowest BCUT2D eigenvalue weighted by Crippen LogP contribution is -2.29. The van der Waals surface area contributed by atoms with E-state index in [1.807, 2.05) is 0 Å². The fraction of sp³-hybridized carbons (Fsp3) is 0.429. The normalized spacial score (nSPS) is 13.2. The Balaban J connectivity index is 0.000000240. The van der Waals surface area contributed by atoms with Gasteiger partial charge in [0.1, 0.15) is 22.9 Å². The van der Waals surface area contributed by atoms with Crippen LogP contribution in [0.3, 0.4) is 0 Å². The number of fused-ring (bicyclic) bond motifs is 1. The van der Waals surface area contributed by atoms with E-state index in [9.17, 15) is 4.39 Å². The van der Waals surface area contributed by atoms with Crippen molar-refractivity contribution in [2.45, 2.75) is 19.4 Å². The summed E-state index contributed by atoms with van der Waals surface area (Å²) in [6.07, 6.45) is 6.34. The van der Waals surface area contributed by atoms with E-state index < -0.39 is 5.60 Å². The number of ether oxygens (including phenoxy) is 1. The number of halogens is 1. The minimum atomic E-state index is -0.792. The van der Waals surface area contributed by atoms with E-state index in [1.54, 1.807) is 25.5 Å². The number of nitrogens with two attached hydrogens (primary N) is 1. The molecule has 0 saturated carbocycles. The SMILES string of the molecule is C#CC(C)(CO)OC.Cc1nc(N)c2c(F)cn(C)c2n1. The first-order valence-electron chi connectivity index (χ1n) is 6.16. The Hall–Kier alpha value is -2.17. The first-order chi connectivity index (χ1) is 9.77. The van der Waals surface area contributed by atoms with Crippen LogP contribution in [-0.4, -0.2) is 39.0 Å². The third-order valence-corrected chi connectivity index (χ3v) is 2.97. The Kier molecular flexibility index (Phi) is 5.24.